The maximum absolute atomic E-state index is 5.77. The SMILES string of the molecule is Cc1nc(Oc2ccccc2)n(-c2ccccc2)n1. The summed E-state index contributed by atoms with van der Waals surface area (Å²) in [5.74, 6) is 1.42. The van der Waals surface area contributed by atoms with Crippen molar-refractivity contribution in [3.63, 3.8) is 0 Å². The van der Waals surface area contributed by atoms with Gasteiger partial charge in [0.15, 0.2) is 5.82 Å². The third-order valence-corrected chi connectivity index (χ3v) is 2.64. The van der Waals surface area contributed by atoms with E-state index in [1.165, 1.54) is 0 Å². The molecule has 0 amide bonds. The lowest BCUT2D eigenvalue weighted by Gasteiger charge is -2.06. The molecule has 0 atom stereocenters. The molecule has 4 nitrogen and oxygen atoms in total. The molecule has 0 aliphatic rings. The second-order valence-electron chi connectivity index (χ2n) is 4.10. The highest BCUT2D eigenvalue weighted by Gasteiger charge is 2.11. The van der Waals surface area contributed by atoms with Gasteiger partial charge in [-0.1, -0.05) is 36.4 Å². The van der Waals surface area contributed by atoms with E-state index < -0.39 is 0 Å². The molecule has 0 N–H and O–H groups in total. The van der Waals surface area contributed by atoms with Gasteiger partial charge < -0.3 is 4.74 Å². The summed E-state index contributed by atoms with van der Waals surface area (Å²) in [5, 5.41) is 4.36. The number of hydrogen-bond acceptors (Lipinski definition) is 3. The standard InChI is InChI=1S/C15H13N3O/c1-12-16-15(19-14-10-6-3-7-11-14)18(17-12)13-8-4-2-5-9-13/h2-11H,1H3. The van der Waals surface area contributed by atoms with Crippen LogP contribution in [0.3, 0.4) is 0 Å². The van der Waals surface area contributed by atoms with E-state index in [1.54, 1.807) is 4.68 Å². The van der Waals surface area contributed by atoms with Gasteiger partial charge in [0.05, 0.1) is 5.69 Å². The minimum atomic E-state index is 0.468. The number of rotatable bonds is 3. The average Bonchev–Trinajstić information content (AvgIpc) is 2.82. The Morgan fingerprint density at radius 1 is 0.895 bits per heavy atom. The fourth-order valence-corrected chi connectivity index (χ4v) is 1.79. The van der Waals surface area contributed by atoms with Gasteiger partial charge in [-0.15, -0.1) is 5.10 Å². The van der Waals surface area contributed by atoms with Crippen LogP contribution in [0, 0.1) is 6.92 Å². The van der Waals surface area contributed by atoms with E-state index in [0.717, 1.165) is 11.4 Å². The van der Waals surface area contributed by atoms with Crippen LogP contribution in [0.25, 0.3) is 5.69 Å². The van der Waals surface area contributed by atoms with Crippen molar-refractivity contribution >= 4 is 0 Å². The van der Waals surface area contributed by atoms with Gasteiger partial charge >= 0.3 is 6.01 Å². The van der Waals surface area contributed by atoms with E-state index in [0.29, 0.717) is 11.8 Å². The molecule has 0 unspecified atom stereocenters. The van der Waals surface area contributed by atoms with E-state index in [2.05, 4.69) is 10.1 Å². The van der Waals surface area contributed by atoms with Crippen molar-refractivity contribution in [2.24, 2.45) is 0 Å². The molecule has 1 heterocycles. The van der Waals surface area contributed by atoms with Gasteiger partial charge in [0.25, 0.3) is 0 Å². The fraction of sp³-hybridized carbons (Fsp3) is 0.0667. The van der Waals surface area contributed by atoms with Crippen LogP contribution in [0.5, 0.6) is 11.8 Å². The van der Waals surface area contributed by atoms with Crippen molar-refractivity contribution in [1.29, 1.82) is 0 Å². The second kappa shape index (κ2) is 4.94. The molecule has 3 aromatic rings. The van der Waals surface area contributed by atoms with Gasteiger partial charge in [0, 0.05) is 0 Å². The Kier molecular flexibility index (Phi) is 2.98. The van der Waals surface area contributed by atoms with Gasteiger partial charge in [0.1, 0.15) is 5.75 Å². The molecule has 94 valence electrons. The van der Waals surface area contributed by atoms with Crippen molar-refractivity contribution in [3.05, 3.63) is 66.5 Å². The fourth-order valence-electron chi connectivity index (χ4n) is 1.79. The third kappa shape index (κ3) is 2.47. The van der Waals surface area contributed by atoms with E-state index in [-0.39, 0.29) is 0 Å². The van der Waals surface area contributed by atoms with Crippen LogP contribution in [-0.2, 0) is 0 Å². The smallest absolute Gasteiger partial charge is 0.325 e. The predicted molar refractivity (Wildman–Crippen MR) is 72.6 cm³/mol. The minimum absolute atomic E-state index is 0.468. The lowest BCUT2D eigenvalue weighted by Crippen LogP contribution is -1.99. The van der Waals surface area contributed by atoms with Gasteiger partial charge in [-0.2, -0.15) is 9.67 Å². The summed E-state index contributed by atoms with van der Waals surface area (Å²) in [4.78, 5) is 4.31. The number of aromatic nitrogens is 3. The first kappa shape index (κ1) is 11.5. The zero-order valence-electron chi connectivity index (χ0n) is 10.5. The van der Waals surface area contributed by atoms with Crippen LogP contribution in [0.15, 0.2) is 60.7 Å². The quantitative estimate of drug-likeness (QED) is 0.716. The van der Waals surface area contributed by atoms with Gasteiger partial charge in [-0.3, -0.25) is 0 Å². The number of aryl methyl sites for hydroxylation is 1. The first-order chi connectivity index (χ1) is 9.33. The second-order valence-corrected chi connectivity index (χ2v) is 4.10. The Hall–Kier alpha value is -2.62. The lowest BCUT2D eigenvalue weighted by atomic mass is 10.3. The van der Waals surface area contributed by atoms with E-state index in [1.807, 2.05) is 67.6 Å². The average molecular weight is 251 g/mol. The molecule has 1 aromatic heterocycles. The van der Waals surface area contributed by atoms with Crippen LogP contribution >= 0.6 is 0 Å². The summed E-state index contributed by atoms with van der Waals surface area (Å²) in [7, 11) is 0. The molecular weight excluding hydrogens is 238 g/mol. The molecule has 0 aliphatic carbocycles. The summed E-state index contributed by atoms with van der Waals surface area (Å²) in [5.41, 5.74) is 0.925. The van der Waals surface area contributed by atoms with Crippen molar-refractivity contribution in [3.8, 4) is 17.4 Å². The Morgan fingerprint density at radius 3 is 2.21 bits per heavy atom. The zero-order valence-corrected chi connectivity index (χ0v) is 10.5. The summed E-state index contributed by atoms with van der Waals surface area (Å²) >= 11 is 0. The van der Waals surface area contributed by atoms with Crippen LogP contribution in [0.1, 0.15) is 5.82 Å². The molecule has 0 saturated heterocycles. The summed E-state index contributed by atoms with van der Waals surface area (Å²) in [6.45, 7) is 1.84. The zero-order chi connectivity index (χ0) is 13.1. The Labute approximate surface area is 111 Å². The lowest BCUT2D eigenvalue weighted by molar-refractivity contribution is 0.428. The van der Waals surface area contributed by atoms with Crippen molar-refractivity contribution in [2.75, 3.05) is 0 Å². The molecule has 0 aliphatic heterocycles. The monoisotopic (exact) mass is 251 g/mol. The van der Waals surface area contributed by atoms with E-state index in [9.17, 15) is 0 Å². The summed E-state index contributed by atoms with van der Waals surface area (Å²) < 4.78 is 7.47. The van der Waals surface area contributed by atoms with Crippen molar-refractivity contribution in [1.82, 2.24) is 14.8 Å². The first-order valence-electron chi connectivity index (χ1n) is 6.05. The molecule has 3 rings (SSSR count). The molecule has 0 radical (unpaired) electrons. The molecule has 0 saturated carbocycles. The predicted octanol–water partition coefficient (Wildman–Crippen LogP) is 3.37. The van der Waals surface area contributed by atoms with Crippen LogP contribution < -0.4 is 4.74 Å². The normalized spacial score (nSPS) is 10.4. The molecule has 2 aromatic carbocycles. The number of benzene rings is 2. The maximum Gasteiger partial charge on any atom is 0.325 e. The largest absolute Gasteiger partial charge is 0.424 e. The number of hydrogen-bond donors (Lipinski definition) is 0. The molecule has 4 heteroatoms. The molecular formula is C15H13N3O. The first-order valence-corrected chi connectivity index (χ1v) is 6.05. The molecule has 0 fully saturated rings. The Balaban J connectivity index is 1.99. The molecule has 19 heavy (non-hydrogen) atoms. The van der Waals surface area contributed by atoms with Gasteiger partial charge in [0.2, 0.25) is 0 Å². The molecule has 0 spiro atoms. The van der Waals surface area contributed by atoms with E-state index in [4.69, 9.17) is 4.74 Å². The van der Waals surface area contributed by atoms with Crippen LogP contribution in [-0.4, -0.2) is 14.8 Å². The third-order valence-electron chi connectivity index (χ3n) is 2.64. The topological polar surface area (TPSA) is 39.9 Å². The van der Waals surface area contributed by atoms with Gasteiger partial charge in [-0.05, 0) is 31.2 Å². The highest BCUT2D eigenvalue weighted by Crippen LogP contribution is 2.21. The summed E-state index contributed by atoms with van der Waals surface area (Å²) in [6.07, 6.45) is 0. The maximum atomic E-state index is 5.77. The molecule has 0 bridgehead atoms. The number of para-hydroxylation sites is 2. The van der Waals surface area contributed by atoms with Crippen LogP contribution in [0.2, 0.25) is 0 Å². The Morgan fingerprint density at radius 2 is 1.53 bits per heavy atom. The van der Waals surface area contributed by atoms with Crippen molar-refractivity contribution in [2.45, 2.75) is 6.92 Å². The Bertz CT molecular complexity index is 662. The number of nitrogens with zero attached hydrogens (tertiary/aromatic N) is 3. The number of ether oxygens (including phenoxy) is 1. The van der Waals surface area contributed by atoms with E-state index >= 15 is 0 Å². The minimum Gasteiger partial charge on any atom is -0.424 e. The summed E-state index contributed by atoms with van der Waals surface area (Å²) in [6, 6.07) is 19.8. The van der Waals surface area contributed by atoms with Crippen LogP contribution in [0.4, 0.5) is 0 Å². The highest BCUT2D eigenvalue weighted by atomic mass is 16.5. The van der Waals surface area contributed by atoms with Crippen molar-refractivity contribution < 1.29 is 4.74 Å². The highest BCUT2D eigenvalue weighted by molar-refractivity contribution is 5.34. The van der Waals surface area contributed by atoms with Gasteiger partial charge in [-0.25, -0.2) is 0 Å².